The van der Waals surface area contributed by atoms with E-state index in [0.29, 0.717) is 0 Å². The van der Waals surface area contributed by atoms with Crippen LogP contribution in [0.3, 0.4) is 0 Å². The SMILES string of the molecule is CC(=O)N1CC2CCC(CC2)C1. The van der Waals surface area contributed by atoms with Crippen LogP contribution in [0.2, 0.25) is 0 Å². The van der Waals surface area contributed by atoms with E-state index in [1.165, 1.54) is 25.7 Å². The maximum Gasteiger partial charge on any atom is 0.219 e. The quantitative estimate of drug-likeness (QED) is 0.537. The van der Waals surface area contributed by atoms with Crippen LogP contribution >= 0.6 is 0 Å². The largest absolute Gasteiger partial charge is 0.342 e. The molecule has 2 nitrogen and oxygen atoms in total. The summed E-state index contributed by atoms with van der Waals surface area (Å²) in [6.07, 6.45) is 5.42. The highest BCUT2D eigenvalue weighted by Crippen LogP contribution is 2.33. The van der Waals surface area contributed by atoms with Crippen LogP contribution in [0.5, 0.6) is 0 Å². The summed E-state index contributed by atoms with van der Waals surface area (Å²) < 4.78 is 0. The number of hydrogen-bond acceptors (Lipinski definition) is 1. The van der Waals surface area contributed by atoms with E-state index in [1.54, 1.807) is 6.92 Å². The van der Waals surface area contributed by atoms with Crippen LogP contribution in [0.15, 0.2) is 0 Å². The van der Waals surface area contributed by atoms with Crippen LogP contribution in [-0.2, 0) is 4.79 Å². The molecule has 1 saturated carbocycles. The van der Waals surface area contributed by atoms with Gasteiger partial charge in [0.1, 0.15) is 0 Å². The average molecular weight is 167 g/mol. The molecule has 0 N–H and O–H groups in total. The molecule has 3 aliphatic rings. The first-order chi connectivity index (χ1) is 5.75. The summed E-state index contributed by atoms with van der Waals surface area (Å²) in [4.78, 5) is 13.2. The topological polar surface area (TPSA) is 20.3 Å². The molecule has 2 heteroatoms. The van der Waals surface area contributed by atoms with E-state index >= 15 is 0 Å². The molecule has 3 rings (SSSR count). The van der Waals surface area contributed by atoms with E-state index < -0.39 is 0 Å². The molecule has 0 aromatic carbocycles. The third-order valence-electron chi connectivity index (χ3n) is 3.37. The van der Waals surface area contributed by atoms with Crippen LogP contribution in [-0.4, -0.2) is 23.9 Å². The van der Waals surface area contributed by atoms with Gasteiger partial charge in [0.05, 0.1) is 0 Å². The van der Waals surface area contributed by atoms with Gasteiger partial charge in [0.2, 0.25) is 5.91 Å². The second-order valence-corrected chi connectivity index (χ2v) is 4.31. The van der Waals surface area contributed by atoms with Gasteiger partial charge in [0, 0.05) is 20.0 Å². The lowest BCUT2D eigenvalue weighted by atomic mass is 9.84. The highest BCUT2D eigenvalue weighted by Gasteiger charge is 2.29. The van der Waals surface area contributed by atoms with E-state index in [0.717, 1.165) is 24.9 Å². The average Bonchev–Trinajstić information content (AvgIpc) is 2.36. The molecule has 0 aromatic heterocycles. The zero-order valence-electron chi connectivity index (χ0n) is 7.75. The molecule has 2 bridgehead atoms. The van der Waals surface area contributed by atoms with Crippen LogP contribution in [0.25, 0.3) is 0 Å². The Labute approximate surface area is 73.9 Å². The molecule has 0 spiro atoms. The fourth-order valence-electron chi connectivity index (χ4n) is 2.55. The summed E-state index contributed by atoms with van der Waals surface area (Å²) in [7, 11) is 0. The fourth-order valence-corrected chi connectivity index (χ4v) is 2.55. The molecule has 12 heavy (non-hydrogen) atoms. The minimum Gasteiger partial charge on any atom is -0.342 e. The first-order valence-corrected chi connectivity index (χ1v) is 5.01. The third kappa shape index (κ3) is 1.47. The van der Waals surface area contributed by atoms with Crippen molar-refractivity contribution in [3.63, 3.8) is 0 Å². The summed E-state index contributed by atoms with van der Waals surface area (Å²) in [5, 5.41) is 0. The Morgan fingerprint density at radius 2 is 1.50 bits per heavy atom. The molecule has 1 amide bonds. The van der Waals surface area contributed by atoms with Gasteiger partial charge >= 0.3 is 0 Å². The van der Waals surface area contributed by atoms with Gasteiger partial charge in [-0.3, -0.25) is 4.79 Å². The van der Waals surface area contributed by atoms with Gasteiger partial charge in [-0.25, -0.2) is 0 Å². The van der Waals surface area contributed by atoms with Crippen molar-refractivity contribution in [3.8, 4) is 0 Å². The van der Waals surface area contributed by atoms with Crippen molar-refractivity contribution >= 4 is 5.91 Å². The van der Waals surface area contributed by atoms with Crippen molar-refractivity contribution in [1.82, 2.24) is 4.90 Å². The number of amides is 1. The Hall–Kier alpha value is -0.530. The molecule has 68 valence electrons. The molecule has 1 aliphatic carbocycles. The first-order valence-electron chi connectivity index (χ1n) is 5.01. The number of hydrogen-bond donors (Lipinski definition) is 0. The van der Waals surface area contributed by atoms with E-state index in [-0.39, 0.29) is 5.91 Å². The normalized spacial score (nSPS) is 34.9. The van der Waals surface area contributed by atoms with Crippen LogP contribution < -0.4 is 0 Å². The smallest absolute Gasteiger partial charge is 0.219 e. The highest BCUT2D eigenvalue weighted by atomic mass is 16.2. The first kappa shape index (κ1) is 8.09. The second kappa shape index (κ2) is 3.08. The molecule has 0 unspecified atom stereocenters. The van der Waals surface area contributed by atoms with Crippen molar-refractivity contribution in [1.29, 1.82) is 0 Å². The number of carbonyl (C=O) groups excluding carboxylic acids is 1. The van der Waals surface area contributed by atoms with Gasteiger partial charge < -0.3 is 4.90 Å². The Balaban J connectivity index is 2.06. The summed E-state index contributed by atoms with van der Waals surface area (Å²) in [5.41, 5.74) is 0. The second-order valence-electron chi connectivity index (χ2n) is 4.31. The molecule has 2 heterocycles. The monoisotopic (exact) mass is 167 g/mol. The van der Waals surface area contributed by atoms with Gasteiger partial charge in [-0.05, 0) is 37.5 Å². The Morgan fingerprint density at radius 3 is 1.83 bits per heavy atom. The number of carbonyl (C=O) groups is 1. The summed E-state index contributed by atoms with van der Waals surface area (Å²) in [6.45, 7) is 3.77. The summed E-state index contributed by atoms with van der Waals surface area (Å²) >= 11 is 0. The molecule has 3 fully saturated rings. The number of rotatable bonds is 0. The standard InChI is InChI=1S/C10H17NO/c1-8(12)11-6-9-2-3-10(7-11)5-4-9/h9-10H,2-7H2,1H3. The molecule has 0 atom stereocenters. The molecule has 0 radical (unpaired) electrons. The van der Waals surface area contributed by atoms with Gasteiger partial charge in [0.15, 0.2) is 0 Å². The summed E-state index contributed by atoms with van der Waals surface area (Å²) in [6, 6.07) is 0. The van der Waals surface area contributed by atoms with Gasteiger partial charge in [-0.1, -0.05) is 0 Å². The van der Waals surface area contributed by atoms with E-state index in [4.69, 9.17) is 0 Å². The van der Waals surface area contributed by atoms with Gasteiger partial charge in [-0.15, -0.1) is 0 Å². The number of fused-ring (bicyclic) bond motifs is 4. The van der Waals surface area contributed by atoms with Crippen molar-refractivity contribution in [2.45, 2.75) is 32.6 Å². The highest BCUT2D eigenvalue weighted by molar-refractivity contribution is 5.73. The van der Waals surface area contributed by atoms with E-state index in [9.17, 15) is 4.79 Å². The maximum absolute atomic E-state index is 11.2. The van der Waals surface area contributed by atoms with Crippen LogP contribution in [0.4, 0.5) is 0 Å². The van der Waals surface area contributed by atoms with Crippen LogP contribution in [0.1, 0.15) is 32.6 Å². The third-order valence-corrected chi connectivity index (χ3v) is 3.37. The van der Waals surface area contributed by atoms with E-state index in [2.05, 4.69) is 4.90 Å². The Morgan fingerprint density at radius 1 is 1.08 bits per heavy atom. The lowest BCUT2D eigenvalue weighted by molar-refractivity contribution is -0.129. The molecule has 2 aliphatic heterocycles. The van der Waals surface area contributed by atoms with Crippen molar-refractivity contribution in [2.75, 3.05) is 13.1 Å². The van der Waals surface area contributed by atoms with Gasteiger partial charge in [-0.2, -0.15) is 0 Å². The predicted octanol–water partition coefficient (Wildman–Crippen LogP) is 1.65. The Kier molecular flexibility index (Phi) is 2.07. The molecular formula is C10H17NO. The van der Waals surface area contributed by atoms with Gasteiger partial charge in [0.25, 0.3) is 0 Å². The molecule has 0 aromatic rings. The van der Waals surface area contributed by atoms with Crippen molar-refractivity contribution < 1.29 is 4.79 Å². The van der Waals surface area contributed by atoms with E-state index in [1.807, 2.05) is 0 Å². The van der Waals surface area contributed by atoms with Crippen molar-refractivity contribution in [3.05, 3.63) is 0 Å². The molecule has 2 saturated heterocycles. The lowest BCUT2D eigenvalue weighted by Gasteiger charge is -2.20. The minimum atomic E-state index is 0.272. The zero-order valence-corrected chi connectivity index (χ0v) is 7.75. The maximum atomic E-state index is 11.2. The number of nitrogens with zero attached hydrogens (tertiary/aromatic N) is 1. The lowest BCUT2D eigenvalue weighted by Crippen LogP contribution is -2.32. The predicted molar refractivity (Wildman–Crippen MR) is 47.7 cm³/mol. The van der Waals surface area contributed by atoms with Crippen LogP contribution in [0, 0.1) is 11.8 Å². The van der Waals surface area contributed by atoms with Crippen molar-refractivity contribution in [2.24, 2.45) is 11.8 Å². The Bertz CT molecular complexity index is 168. The molecular weight excluding hydrogens is 150 g/mol. The minimum absolute atomic E-state index is 0.272. The summed E-state index contributed by atoms with van der Waals surface area (Å²) in [5.74, 6) is 1.90. The fraction of sp³-hybridized carbons (Fsp3) is 0.900. The zero-order chi connectivity index (χ0) is 8.55.